The quantitative estimate of drug-likeness (QED) is 0.860. The van der Waals surface area contributed by atoms with E-state index < -0.39 is 0 Å². The van der Waals surface area contributed by atoms with Crippen molar-refractivity contribution in [3.8, 4) is 0 Å². The second kappa shape index (κ2) is 4.24. The number of halogens is 1. The molecule has 0 aliphatic rings. The molecule has 1 heterocycles. The first-order valence-electron chi connectivity index (χ1n) is 4.23. The summed E-state index contributed by atoms with van der Waals surface area (Å²) in [6, 6.07) is 5.70. The second-order valence-corrected chi connectivity index (χ2v) is 4.82. The molecular weight excluding hydrogens is 276 g/mol. The fraction of sp³-hybridized carbons (Fsp3) is 0.111. The van der Waals surface area contributed by atoms with Gasteiger partial charge < -0.3 is 5.73 Å². The molecule has 0 fully saturated rings. The van der Waals surface area contributed by atoms with Gasteiger partial charge in [-0.2, -0.15) is 5.10 Å². The van der Waals surface area contributed by atoms with Crippen LogP contribution in [0.15, 0.2) is 39.1 Å². The van der Waals surface area contributed by atoms with Crippen LogP contribution < -0.4 is 5.73 Å². The first-order chi connectivity index (χ1) is 7.16. The van der Waals surface area contributed by atoms with E-state index in [1.165, 1.54) is 6.33 Å². The number of nitrogens with two attached hydrogens (primary N) is 1. The van der Waals surface area contributed by atoms with Crippen molar-refractivity contribution >= 4 is 33.4 Å². The zero-order valence-corrected chi connectivity index (χ0v) is 10.4. The van der Waals surface area contributed by atoms with Crippen LogP contribution in [0.5, 0.6) is 0 Å². The van der Waals surface area contributed by atoms with Crippen molar-refractivity contribution in [2.75, 3.05) is 5.73 Å². The lowest BCUT2D eigenvalue weighted by Crippen LogP contribution is -1.92. The topological polar surface area (TPSA) is 56.7 Å². The molecule has 2 N–H and O–H groups in total. The Kier molecular flexibility index (Phi) is 2.97. The summed E-state index contributed by atoms with van der Waals surface area (Å²) in [5.41, 5.74) is 6.40. The molecule has 0 spiro atoms. The largest absolute Gasteiger partial charge is 0.399 e. The molecule has 1 aromatic heterocycles. The van der Waals surface area contributed by atoms with Gasteiger partial charge in [0.05, 0.1) is 0 Å². The van der Waals surface area contributed by atoms with Crippen LogP contribution in [0.25, 0.3) is 0 Å². The standard InChI is InChI=1S/C9H9BrN4S/c1-14-9(12-5-13-14)15-8-3-2-6(11)4-7(8)10/h2-5H,11H2,1H3. The van der Waals surface area contributed by atoms with Crippen LogP contribution in [0.4, 0.5) is 5.69 Å². The minimum absolute atomic E-state index is 0.740. The van der Waals surface area contributed by atoms with Crippen LogP contribution in [-0.4, -0.2) is 14.8 Å². The van der Waals surface area contributed by atoms with Crippen LogP contribution in [0.2, 0.25) is 0 Å². The van der Waals surface area contributed by atoms with E-state index in [9.17, 15) is 0 Å². The summed E-state index contributed by atoms with van der Waals surface area (Å²) >= 11 is 5.00. The molecule has 0 atom stereocenters. The molecule has 15 heavy (non-hydrogen) atoms. The SMILES string of the molecule is Cn1ncnc1Sc1ccc(N)cc1Br. The van der Waals surface area contributed by atoms with Crippen molar-refractivity contribution in [2.24, 2.45) is 7.05 Å². The van der Waals surface area contributed by atoms with E-state index in [0.717, 1.165) is 20.2 Å². The monoisotopic (exact) mass is 284 g/mol. The Hall–Kier alpha value is -1.01. The Labute approximate surface area is 100 Å². The van der Waals surface area contributed by atoms with E-state index in [4.69, 9.17) is 5.73 Å². The molecule has 0 bridgehead atoms. The minimum Gasteiger partial charge on any atom is -0.399 e. The Balaban J connectivity index is 2.29. The summed E-state index contributed by atoms with van der Waals surface area (Å²) < 4.78 is 2.70. The van der Waals surface area contributed by atoms with Gasteiger partial charge in [-0.15, -0.1) is 0 Å². The summed E-state index contributed by atoms with van der Waals surface area (Å²) in [5, 5.41) is 4.85. The highest BCUT2D eigenvalue weighted by Gasteiger charge is 2.06. The Bertz CT molecular complexity index is 483. The molecular formula is C9H9BrN4S. The van der Waals surface area contributed by atoms with Gasteiger partial charge in [-0.3, -0.25) is 0 Å². The number of rotatable bonds is 2. The first kappa shape index (κ1) is 10.5. The van der Waals surface area contributed by atoms with E-state index >= 15 is 0 Å². The molecule has 6 heteroatoms. The highest BCUT2D eigenvalue weighted by Crippen LogP contribution is 2.32. The molecule has 0 radical (unpaired) electrons. The average Bonchev–Trinajstić information content (AvgIpc) is 2.57. The molecule has 4 nitrogen and oxygen atoms in total. The number of benzene rings is 1. The maximum absolute atomic E-state index is 5.66. The molecule has 0 amide bonds. The normalized spacial score (nSPS) is 10.5. The fourth-order valence-corrected chi connectivity index (χ4v) is 2.48. The molecule has 0 saturated heterocycles. The molecule has 2 aromatic rings. The summed E-state index contributed by atoms with van der Waals surface area (Å²) in [4.78, 5) is 5.21. The summed E-state index contributed by atoms with van der Waals surface area (Å²) in [7, 11) is 1.86. The summed E-state index contributed by atoms with van der Waals surface area (Å²) in [6.45, 7) is 0. The van der Waals surface area contributed by atoms with Gasteiger partial charge in [0.25, 0.3) is 0 Å². The van der Waals surface area contributed by atoms with E-state index in [2.05, 4.69) is 26.0 Å². The van der Waals surface area contributed by atoms with Crippen molar-refractivity contribution in [2.45, 2.75) is 10.1 Å². The molecule has 0 saturated carbocycles. The summed E-state index contributed by atoms with van der Waals surface area (Å²) in [5.74, 6) is 0. The van der Waals surface area contributed by atoms with Crippen LogP contribution in [0.3, 0.4) is 0 Å². The van der Waals surface area contributed by atoms with Gasteiger partial charge in [0, 0.05) is 22.1 Å². The van der Waals surface area contributed by atoms with Crippen LogP contribution in [0, 0.1) is 0 Å². The van der Waals surface area contributed by atoms with Crippen LogP contribution in [0.1, 0.15) is 0 Å². The highest BCUT2D eigenvalue weighted by atomic mass is 79.9. The first-order valence-corrected chi connectivity index (χ1v) is 5.84. The van der Waals surface area contributed by atoms with Gasteiger partial charge in [-0.05, 0) is 45.9 Å². The third kappa shape index (κ3) is 2.32. The van der Waals surface area contributed by atoms with Crippen LogP contribution in [-0.2, 0) is 7.05 Å². The van der Waals surface area contributed by atoms with Crippen molar-refractivity contribution in [3.05, 3.63) is 29.0 Å². The van der Waals surface area contributed by atoms with E-state index in [-0.39, 0.29) is 0 Å². The lowest BCUT2D eigenvalue weighted by atomic mass is 10.3. The van der Waals surface area contributed by atoms with Crippen molar-refractivity contribution < 1.29 is 0 Å². The van der Waals surface area contributed by atoms with Gasteiger partial charge >= 0.3 is 0 Å². The lowest BCUT2D eigenvalue weighted by molar-refractivity contribution is 0.685. The molecule has 78 valence electrons. The number of nitrogen functional groups attached to an aromatic ring is 1. The zero-order valence-electron chi connectivity index (χ0n) is 8.01. The number of hydrogen-bond acceptors (Lipinski definition) is 4. The Morgan fingerprint density at radius 1 is 1.47 bits per heavy atom. The van der Waals surface area contributed by atoms with Crippen LogP contribution >= 0.6 is 27.7 Å². The number of anilines is 1. The van der Waals surface area contributed by atoms with Crippen molar-refractivity contribution in [3.63, 3.8) is 0 Å². The Morgan fingerprint density at radius 2 is 2.27 bits per heavy atom. The Morgan fingerprint density at radius 3 is 2.87 bits per heavy atom. The molecule has 0 aliphatic carbocycles. The smallest absolute Gasteiger partial charge is 0.190 e. The van der Waals surface area contributed by atoms with Gasteiger partial charge in [0.15, 0.2) is 5.16 Å². The predicted octanol–water partition coefficient (Wildman–Crippen LogP) is 2.31. The van der Waals surface area contributed by atoms with E-state index in [1.807, 2.05) is 25.2 Å². The predicted molar refractivity (Wildman–Crippen MR) is 63.7 cm³/mol. The highest BCUT2D eigenvalue weighted by molar-refractivity contribution is 9.10. The van der Waals surface area contributed by atoms with Gasteiger partial charge in [-0.1, -0.05) is 0 Å². The third-order valence-corrected chi connectivity index (χ3v) is 3.87. The van der Waals surface area contributed by atoms with Gasteiger partial charge in [0.2, 0.25) is 0 Å². The van der Waals surface area contributed by atoms with E-state index in [1.54, 1.807) is 16.4 Å². The number of hydrogen-bond donors (Lipinski definition) is 1. The summed E-state index contributed by atoms with van der Waals surface area (Å²) in [6.07, 6.45) is 1.54. The zero-order chi connectivity index (χ0) is 10.8. The number of nitrogens with zero attached hydrogens (tertiary/aromatic N) is 3. The third-order valence-electron chi connectivity index (χ3n) is 1.83. The minimum atomic E-state index is 0.740. The van der Waals surface area contributed by atoms with E-state index in [0.29, 0.717) is 0 Å². The van der Waals surface area contributed by atoms with Gasteiger partial charge in [0.1, 0.15) is 6.33 Å². The maximum Gasteiger partial charge on any atom is 0.190 e. The molecule has 1 aromatic carbocycles. The second-order valence-electron chi connectivity index (χ2n) is 2.96. The number of aryl methyl sites for hydroxylation is 1. The van der Waals surface area contributed by atoms with Crippen molar-refractivity contribution in [1.82, 2.24) is 14.8 Å². The number of aromatic nitrogens is 3. The molecule has 0 unspecified atom stereocenters. The molecule has 0 aliphatic heterocycles. The molecule has 2 rings (SSSR count). The van der Waals surface area contributed by atoms with Gasteiger partial charge in [-0.25, -0.2) is 9.67 Å². The lowest BCUT2D eigenvalue weighted by Gasteiger charge is -2.03. The average molecular weight is 285 g/mol. The maximum atomic E-state index is 5.66. The van der Waals surface area contributed by atoms with Crippen molar-refractivity contribution in [1.29, 1.82) is 0 Å². The fourth-order valence-electron chi connectivity index (χ4n) is 1.08.